The molecule has 6 heteroatoms. The fraction of sp³-hybridized carbons (Fsp3) is 0.333. The van der Waals surface area contributed by atoms with E-state index in [4.69, 9.17) is 21.3 Å². The van der Waals surface area contributed by atoms with Gasteiger partial charge in [-0.1, -0.05) is 48.1 Å². The van der Waals surface area contributed by atoms with E-state index in [2.05, 4.69) is 19.1 Å². The quantitative estimate of drug-likeness (QED) is 0.580. The first-order chi connectivity index (χ1) is 13.2. The second-order valence-corrected chi connectivity index (χ2v) is 8.10. The zero-order chi connectivity index (χ0) is 18.8. The lowest BCUT2D eigenvalue weighted by atomic mass is 10.1. The number of carbonyl (C=O) groups is 1. The van der Waals surface area contributed by atoms with Gasteiger partial charge in [0.1, 0.15) is 0 Å². The molecule has 1 aliphatic heterocycles. The summed E-state index contributed by atoms with van der Waals surface area (Å²) in [6.07, 6.45) is 2.99. The number of fused-ring (bicyclic) bond motifs is 1. The Bertz CT molecular complexity index is 966. The SMILES string of the molecule is CCc1ccc2nc(N(CC3CCCO3)C(=O)c3ccccc3Cl)sc2c1. The van der Waals surface area contributed by atoms with Gasteiger partial charge >= 0.3 is 0 Å². The molecule has 0 radical (unpaired) electrons. The van der Waals surface area contributed by atoms with Crippen LogP contribution in [0.3, 0.4) is 0 Å². The number of hydrogen-bond donors (Lipinski definition) is 0. The summed E-state index contributed by atoms with van der Waals surface area (Å²) in [7, 11) is 0. The topological polar surface area (TPSA) is 42.4 Å². The van der Waals surface area contributed by atoms with Gasteiger partial charge in [0.05, 0.1) is 33.5 Å². The maximum atomic E-state index is 13.3. The van der Waals surface area contributed by atoms with E-state index < -0.39 is 0 Å². The maximum absolute atomic E-state index is 13.3. The van der Waals surface area contributed by atoms with Crippen molar-refractivity contribution in [2.45, 2.75) is 32.3 Å². The smallest absolute Gasteiger partial charge is 0.261 e. The zero-order valence-electron chi connectivity index (χ0n) is 15.2. The number of ether oxygens (including phenoxy) is 1. The Hall–Kier alpha value is -1.95. The molecular formula is C21H21ClN2O2S. The predicted molar refractivity (Wildman–Crippen MR) is 111 cm³/mol. The van der Waals surface area contributed by atoms with Crippen LogP contribution in [0, 0.1) is 0 Å². The van der Waals surface area contributed by atoms with E-state index >= 15 is 0 Å². The standard InChI is InChI=1S/C21H21ClN2O2S/c1-2-14-9-10-18-19(12-14)27-21(23-18)24(13-15-6-5-11-26-15)20(25)16-7-3-4-8-17(16)22/h3-4,7-10,12,15H,2,5-6,11,13H2,1H3. The van der Waals surface area contributed by atoms with Gasteiger partial charge in [-0.15, -0.1) is 0 Å². The minimum Gasteiger partial charge on any atom is -0.376 e. The Morgan fingerprint density at radius 3 is 2.93 bits per heavy atom. The van der Waals surface area contributed by atoms with Gasteiger partial charge in [-0.3, -0.25) is 9.69 Å². The molecule has 0 bridgehead atoms. The molecule has 1 fully saturated rings. The molecule has 2 aromatic carbocycles. The lowest BCUT2D eigenvalue weighted by Crippen LogP contribution is -2.37. The Morgan fingerprint density at radius 1 is 1.33 bits per heavy atom. The van der Waals surface area contributed by atoms with E-state index in [1.165, 1.54) is 5.56 Å². The summed E-state index contributed by atoms with van der Waals surface area (Å²) in [6, 6.07) is 13.4. The monoisotopic (exact) mass is 400 g/mol. The van der Waals surface area contributed by atoms with Crippen molar-refractivity contribution in [3.63, 3.8) is 0 Å². The molecule has 1 aromatic heterocycles. The number of benzene rings is 2. The summed E-state index contributed by atoms with van der Waals surface area (Å²) in [5.41, 5.74) is 2.67. The third kappa shape index (κ3) is 3.86. The number of rotatable bonds is 5. The highest BCUT2D eigenvalue weighted by atomic mass is 35.5. The molecule has 1 aliphatic rings. The lowest BCUT2D eigenvalue weighted by Gasteiger charge is -2.23. The molecule has 0 saturated carbocycles. The van der Waals surface area contributed by atoms with E-state index in [9.17, 15) is 4.79 Å². The van der Waals surface area contributed by atoms with Crippen molar-refractivity contribution >= 4 is 44.2 Å². The highest BCUT2D eigenvalue weighted by Gasteiger charge is 2.28. The summed E-state index contributed by atoms with van der Waals surface area (Å²) in [5.74, 6) is -0.133. The average molecular weight is 401 g/mol. The van der Waals surface area contributed by atoms with Crippen LogP contribution in [0.4, 0.5) is 5.13 Å². The number of hydrogen-bond acceptors (Lipinski definition) is 4. The minimum absolute atomic E-state index is 0.0367. The van der Waals surface area contributed by atoms with Crippen LogP contribution in [-0.2, 0) is 11.2 Å². The Kier molecular flexibility index (Phi) is 5.43. The number of anilines is 1. The van der Waals surface area contributed by atoms with Gasteiger partial charge in [0.15, 0.2) is 5.13 Å². The fourth-order valence-electron chi connectivity index (χ4n) is 3.31. The van der Waals surface area contributed by atoms with Crippen LogP contribution < -0.4 is 4.90 Å². The Morgan fingerprint density at radius 2 is 2.19 bits per heavy atom. The van der Waals surface area contributed by atoms with Gasteiger partial charge in [0.2, 0.25) is 0 Å². The van der Waals surface area contributed by atoms with Gasteiger partial charge in [-0.25, -0.2) is 4.98 Å². The molecule has 0 aliphatic carbocycles. The number of aromatic nitrogens is 1. The van der Waals surface area contributed by atoms with Crippen LogP contribution >= 0.6 is 22.9 Å². The number of thiazole rings is 1. The molecule has 1 saturated heterocycles. The average Bonchev–Trinajstić information content (AvgIpc) is 3.34. The largest absolute Gasteiger partial charge is 0.376 e. The molecular weight excluding hydrogens is 380 g/mol. The molecule has 1 atom stereocenters. The summed E-state index contributed by atoms with van der Waals surface area (Å²) < 4.78 is 6.87. The molecule has 0 N–H and O–H groups in total. The van der Waals surface area contributed by atoms with E-state index in [1.807, 2.05) is 18.2 Å². The number of halogens is 1. The fourth-order valence-corrected chi connectivity index (χ4v) is 4.57. The van der Waals surface area contributed by atoms with Gasteiger partial charge < -0.3 is 4.74 Å². The first-order valence-corrected chi connectivity index (χ1v) is 10.4. The van der Waals surface area contributed by atoms with Crippen LogP contribution in [0.15, 0.2) is 42.5 Å². The van der Waals surface area contributed by atoms with Gasteiger partial charge in [-0.05, 0) is 49.1 Å². The maximum Gasteiger partial charge on any atom is 0.261 e. The molecule has 4 rings (SSSR count). The van der Waals surface area contributed by atoms with Crippen LogP contribution in [0.5, 0.6) is 0 Å². The molecule has 3 aromatic rings. The minimum atomic E-state index is -0.133. The first kappa shape index (κ1) is 18.4. The highest BCUT2D eigenvalue weighted by Crippen LogP contribution is 2.32. The summed E-state index contributed by atoms with van der Waals surface area (Å²) >= 11 is 7.83. The summed E-state index contributed by atoms with van der Waals surface area (Å²) in [4.78, 5) is 19.8. The van der Waals surface area contributed by atoms with Crippen LogP contribution in [0.2, 0.25) is 5.02 Å². The van der Waals surface area contributed by atoms with Crippen LogP contribution in [-0.4, -0.2) is 30.1 Å². The van der Waals surface area contributed by atoms with Crippen molar-refractivity contribution in [3.8, 4) is 0 Å². The van der Waals surface area contributed by atoms with E-state index in [0.29, 0.717) is 22.3 Å². The van der Waals surface area contributed by atoms with E-state index in [1.54, 1.807) is 28.4 Å². The molecule has 1 unspecified atom stereocenters. The number of amides is 1. The second kappa shape index (κ2) is 7.97. The first-order valence-electron chi connectivity index (χ1n) is 9.23. The number of carbonyl (C=O) groups excluding carboxylic acids is 1. The number of nitrogens with zero attached hydrogens (tertiary/aromatic N) is 2. The van der Waals surface area contributed by atoms with E-state index in [0.717, 1.165) is 36.1 Å². The van der Waals surface area contributed by atoms with E-state index in [-0.39, 0.29) is 12.0 Å². The highest BCUT2D eigenvalue weighted by molar-refractivity contribution is 7.22. The summed E-state index contributed by atoms with van der Waals surface area (Å²) in [5, 5.41) is 1.15. The molecule has 4 nitrogen and oxygen atoms in total. The zero-order valence-corrected chi connectivity index (χ0v) is 16.7. The van der Waals surface area contributed by atoms with Gasteiger partial charge in [0.25, 0.3) is 5.91 Å². The van der Waals surface area contributed by atoms with Crippen LogP contribution in [0.1, 0.15) is 35.7 Å². The predicted octanol–water partition coefficient (Wildman–Crippen LogP) is 5.34. The van der Waals surface area contributed by atoms with Crippen molar-refractivity contribution in [1.29, 1.82) is 0 Å². The van der Waals surface area contributed by atoms with Crippen molar-refractivity contribution in [1.82, 2.24) is 4.98 Å². The second-order valence-electron chi connectivity index (χ2n) is 6.68. The van der Waals surface area contributed by atoms with Crippen molar-refractivity contribution < 1.29 is 9.53 Å². The molecule has 0 spiro atoms. The third-order valence-electron chi connectivity index (χ3n) is 4.84. The Labute approximate surface area is 167 Å². The van der Waals surface area contributed by atoms with Crippen molar-refractivity contribution in [2.75, 3.05) is 18.1 Å². The molecule has 2 heterocycles. The summed E-state index contributed by atoms with van der Waals surface area (Å²) in [6.45, 7) is 3.37. The van der Waals surface area contributed by atoms with Crippen molar-refractivity contribution in [3.05, 3.63) is 58.6 Å². The van der Waals surface area contributed by atoms with Crippen molar-refractivity contribution in [2.24, 2.45) is 0 Å². The number of aryl methyl sites for hydroxylation is 1. The van der Waals surface area contributed by atoms with Crippen LogP contribution in [0.25, 0.3) is 10.2 Å². The molecule has 1 amide bonds. The third-order valence-corrected chi connectivity index (χ3v) is 6.21. The normalized spacial score (nSPS) is 16.7. The molecule has 27 heavy (non-hydrogen) atoms. The Balaban J connectivity index is 1.73. The molecule has 140 valence electrons. The van der Waals surface area contributed by atoms with Gasteiger partial charge in [-0.2, -0.15) is 0 Å². The van der Waals surface area contributed by atoms with Gasteiger partial charge in [0, 0.05) is 6.61 Å². The lowest BCUT2D eigenvalue weighted by molar-refractivity contribution is 0.0917.